The molecule has 0 spiro atoms. The maximum absolute atomic E-state index is 12.3. The molecule has 0 aliphatic rings. The Balaban J connectivity index is 1.77. The number of esters is 1. The molecule has 0 saturated heterocycles. The first-order valence-corrected chi connectivity index (χ1v) is 10.4. The summed E-state index contributed by atoms with van der Waals surface area (Å²) < 4.78 is 16.9. The molecule has 156 valence electrons. The van der Waals surface area contributed by atoms with Crippen LogP contribution in [0.3, 0.4) is 0 Å². The normalized spacial score (nSPS) is 11.5. The van der Waals surface area contributed by atoms with Crippen molar-refractivity contribution in [1.29, 1.82) is 0 Å². The number of carbonyl (C=O) groups excluding carboxylic acids is 1. The zero-order valence-electron chi connectivity index (χ0n) is 17.6. The van der Waals surface area contributed by atoms with Gasteiger partial charge in [0.1, 0.15) is 17.2 Å². The second-order valence-corrected chi connectivity index (χ2v) is 7.20. The highest BCUT2D eigenvalue weighted by Crippen LogP contribution is 2.20. The zero-order valence-corrected chi connectivity index (χ0v) is 17.6. The highest BCUT2D eigenvalue weighted by Gasteiger charge is 2.09. The summed E-state index contributed by atoms with van der Waals surface area (Å²) in [6.45, 7) is 9.36. The van der Waals surface area contributed by atoms with Crippen molar-refractivity contribution in [3.8, 4) is 17.2 Å². The SMILES string of the molecule is C=CCCCCCOc1ccc(C(=O)Oc2ccc(OC[C@@H](C)CC)cc2)cc1. The van der Waals surface area contributed by atoms with Crippen LogP contribution in [0.4, 0.5) is 0 Å². The lowest BCUT2D eigenvalue weighted by atomic mass is 10.1. The van der Waals surface area contributed by atoms with Crippen molar-refractivity contribution in [2.24, 2.45) is 5.92 Å². The van der Waals surface area contributed by atoms with E-state index in [4.69, 9.17) is 14.2 Å². The molecule has 1 atom stereocenters. The molecule has 0 heterocycles. The Bertz CT molecular complexity index is 734. The summed E-state index contributed by atoms with van der Waals surface area (Å²) in [5.74, 6) is 2.14. The minimum absolute atomic E-state index is 0.394. The molecule has 0 aromatic heterocycles. The maximum atomic E-state index is 12.3. The van der Waals surface area contributed by atoms with Gasteiger partial charge in [-0.3, -0.25) is 0 Å². The van der Waals surface area contributed by atoms with E-state index in [1.165, 1.54) is 0 Å². The van der Waals surface area contributed by atoms with Gasteiger partial charge in [0.05, 0.1) is 18.8 Å². The lowest BCUT2D eigenvalue weighted by Gasteiger charge is -2.11. The highest BCUT2D eigenvalue weighted by molar-refractivity contribution is 5.91. The number of carbonyl (C=O) groups is 1. The standard InChI is InChI=1S/C25H32O4/c1-4-6-7-8-9-18-27-22-12-10-21(11-13-22)25(26)29-24-16-14-23(15-17-24)28-19-20(3)5-2/h4,10-17,20H,1,5-9,18-19H2,2-3H3/t20-/m0/s1. The lowest BCUT2D eigenvalue weighted by molar-refractivity contribution is 0.0734. The molecule has 0 amide bonds. The van der Waals surface area contributed by atoms with E-state index in [1.54, 1.807) is 36.4 Å². The molecule has 29 heavy (non-hydrogen) atoms. The van der Waals surface area contributed by atoms with Crippen LogP contribution in [0.15, 0.2) is 61.2 Å². The Hall–Kier alpha value is -2.75. The van der Waals surface area contributed by atoms with Crippen LogP contribution in [0, 0.1) is 5.92 Å². The number of unbranched alkanes of at least 4 members (excludes halogenated alkanes) is 3. The van der Waals surface area contributed by atoms with E-state index in [0.717, 1.165) is 43.6 Å². The van der Waals surface area contributed by atoms with Crippen LogP contribution in [-0.4, -0.2) is 19.2 Å². The van der Waals surface area contributed by atoms with E-state index < -0.39 is 5.97 Å². The predicted octanol–water partition coefficient (Wildman–Crippen LogP) is 6.46. The molecule has 0 N–H and O–H groups in total. The fraction of sp³-hybridized carbons (Fsp3) is 0.400. The molecule has 2 aromatic carbocycles. The molecule has 2 rings (SSSR count). The Kier molecular flexibility index (Phi) is 9.84. The topological polar surface area (TPSA) is 44.8 Å². The first-order valence-electron chi connectivity index (χ1n) is 10.4. The lowest BCUT2D eigenvalue weighted by Crippen LogP contribution is -2.09. The number of hydrogen-bond donors (Lipinski definition) is 0. The molecule has 0 radical (unpaired) electrons. The van der Waals surface area contributed by atoms with Gasteiger partial charge in [-0.1, -0.05) is 26.3 Å². The van der Waals surface area contributed by atoms with E-state index in [9.17, 15) is 4.79 Å². The Labute approximate surface area is 174 Å². The van der Waals surface area contributed by atoms with Crippen molar-refractivity contribution in [3.05, 3.63) is 66.7 Å². The van der Waals surface area contributed by atoms with E-state index in [-0.39, 0.29) is 0 Å². The molecule has 2 aromatic rings. The first kappa shape index (κ1) is 22.5. The third-order valence-corrected chi connectivity index (χ3v) is 4.68. The fourth-order valence-corrected chi connectivity index (χ4v) is 2.57. The molecule has 0 bridgehead atoms. The van der Waals surface area contributed by atoms with E-state index in [2.05, 4.69) is 20.4 Å². The Morgan fingerprint density at radius 1 is 0.931 bits per heavy atom. The third-order valence-electron chi connectivity index (χ3n) is 4.68. The van der Waals surface area contributed by atoms with Crippen molar-refractivity contribution in [1.82, 2.24) is 0 Å². The van der Waals surface area contributed by atoms with E-state index in [1.807, 2.05) is 18.2 Å². The summed E-state index contributed by atoms with van der Waals surface area (Å²) in [5, 5.41) is 0. The van der Waals surface area contributed by atoms with Gasteiger partial charge in [0.15, 0.2) is 0 Å². The summed E-state index contributed by atoms with van der Waals surface area (Å²) >= 11 is 0. The fourth-order valence-electron chi connectivity index (χ4n) is 2.57. The molecular weight excluding hydrogens is 364 g/mol. The van der Waals surface area contributed by atoms with Gasteiger partial charge in [-0.2, -0.15) is 0 Å². The van der Waals surface area contributed by atoms with Crippen LogP contribution in [0.5, 0.6) is 17.2 Å². The van der Waals surface area contributed by atoms with Crippen LogP contribution in [-0.2, 0) is 0 Å². The van der Waals surface area contributed by atoms with Crippen molar-refractivity contribution in [3.63, 3.8) is 0 Å². The summed E-state index contributed by atoms with van der Waals surface area (Å²) in [6, 6.07) is 14.2. The third kappa shape index (κ3) is 8.43. The maximum Gasteiger partial charge on any atom is 0.343 e. The summed E-state index contributed by atoms with van der Waals surface area (Å²) in [6.07, 6.45) is 7.34. The van der Waals surface area contributed by atoms with Gasteiger partial charge < -0.3 is 14.2 Å². The number of benzene rings is 2. The van der Waals surface area contributed by atoms with Crippen molar-refractivity contribution < 1.29 is 19.0 Å². The molecule has 0 aliphatic heterocycles. The van der Waals surface area contributed by atoms with E-state index in [0.29, 0.717) is 30.4 Å². The molecule has 4 heteroatoms. The second-order valence-electron chi connectivity index (χ2n) is 7.20. The van der Waals surface area contributed by atoms with Crippen LogP contribution in [0.25, 0.3) is 0 Å². The van der Waals surface area contributed by atoms with Crippen LogP contribution >= 0.6 is 0 Å². The monoisotopic (exact) mass is 396 g/mol. The van der Waals surface area contributed by atoms with Crippen molar-refractivity contribution in [2.45, 2.75) is 46.0 Å². The molecule has 0 unspecified atom stereocenters. The van der Waals surface area contributed by atoms with Gasteiger partial charge in [0, 0.05) is 0 Å². The molecule has 0 saturated carbocycles. The highest BCUT2D eigenvalue weighted by atomic mass is 16.5. The van der Waals surface area contributed by atoms with Gasteiger partial charge in [-0.15, -0.1) is 6.58 Å². The quantitative estimate of drug-likeness (QED) is 0.169. The Morgan fingerprint density at radius 3 is 2.21 bits per heavy atom. The molecular formula is C25H32O4. The van der Waals surface area contributed by atoms with Crippen LogP contribution < -0.4 is 14.2 Å². The smallest absolute Gasteiger partial charge is 0.343 e. The Morgan fingerprint density at radius 2 is 1.55 bits per heavy atom. The van der Waals surface area contributed by atoms with Crippen LogP contribution in [0.2, 0.25) is 0 Å². The average molecular weight is 397 g/mol. The van der Waals surface area contributed by atoms with E-state index >= 15 is 0 Å². The average Bonchev–Trinajstić information content (AvgIpc) is 2.75. The van der Waals surface area contributed by atoms with Gasteiger partial charge in [0.25, 0.3) is 0 Å². The number of allylic oxidation sites excluding steroid dienone is 1. The largest absolute Gasteiger partial charge is 0.494 e. The summed E-state index contributed by atoms with van der Waals surface area (Å²) in [4.78, 5) is 12.3. The van der Waals surface area contributed by atoms with Gasteiger partial charge in [-0.05, 0) is 80.1 Å². The second kappa shape index (κ2) is 12.7. The minimum Gasteiger partial charge on any atom is -0.494 e. The van der Waals surface area contributed by atoms with Gasteiger partial charge in [0.2, 0.25) is 0 Å². The number of ether oxygens (including phenoxy) is 3. The summed E-state index contributed by atoms with van der Waals surface area (Å²) in [7, 11) is 0. The van der Waals surface area contributed by atoms with Crippen LogP contribution in [0.1, 0.15) is 56.3 Å². The van der Waals surface area contributed by atoms with Crippen molar-refractivity contribution >= 4 is 5.97 Å². The number of hydrogen-bond acceptors (Lipinski definition) is 4. The molecule has 0 aliphatic carbocycles. The van der Waals surface area contributed by atoms with Gasteiger partial charge >= 0.3 is 5.97 Å². The predicted molar refractivity (Wildman–Crippen MR) is 117 cm³/mol. The summed E-state index contributed by atoms with van der Waals surface area (Å²) in [5.41, 5.74) is 0.487. The first-order chi connectivity index (χ1) is 14.1. The van der Waals surface area contributed by atoms with Crippen molar-refractivity contribution in [2.75, 3.05) is 13.2 Å². The number of rotatable bonds is 13. The minimum atomic E-state index is -0.394. The molecule has 0 fully saturated rings. The zero-order chi connectivity index (χ0) is 20.9. The molecule has 4 nitrogen and oxygen atoms in total. The van der Waals surface area contributed by atoms with Gasteiger partial charge in [-0.25, -0.2) is 4.79 Å².